The minimum atomic E-state index is -2.20. The molecule has 1 aromatic carbocycles. The van der Waals surface area contributed by atoms with Crippen molar-refractivity contribution in [3.8, 4) is 0 Å². The van der Waals surface area contributed by atoms with Crippen molar-refractivity contribution < 1.29 is 9.53 Å². The van der Waals surface area contributed by atoms with Crippen LogP contribution in [0.25, 0.3) is 6.08 Å². The van der Waals surface area contributed by atoms with Crippen LogP contribution in [-0.4, -0.2) is 25.8 Å². The average Bonchev–Trinajstić information content (AvgIpc) is 2.26. The first kappa shape index (κ1) is 14.0. The van der Waals surface area contributed by atoms with Crippen molar-refractivity contribution in [1.29, 1.82) is 0 Å². The molecule has 0 aliphatic rings. The Bertz CT molecular complexity index is 402. The van der Waals surface area contributed by atoms with Gasteiger partial charge in [0.15, 0.2) is 0 Å². The summed E-state index contributed by atoms with van der Waals surface area (Å²) < 4.78 is 6.03. The monoisotopic (exact) mass is 294 g/mol. The van der Waals surface area contributed by atoms with Crippen LogP contribution < -0.4 is 0 Å². The van der Waals surface area contributed by atoms with Gasteiger partial charge in [-0.25, -0.2) is 0 Å². The first-order valence-corrected chi connectivity index (χ1v) is 13.2. The summed E-state index contributed by atoms with van der Waals surface area (Å²) >= 11 is -2.20. The van der Waals surface area contributed by atoms with Crippen LogP contribution in [0.5, 0.6) is 0 Å². The van der Waals surface area contributed by atoms with Gasteiger partial charge in [-0.05, 0) is 0 Å². The van der Waals surface area contributed by atoms with Crippen molar-refractivity contribution in [2.45, 2.75) is 24.2 Å². The van der Waals surface area contributed by atoms with E-state index in [1.165, 1.54) is 0 Å². The molecular formula is C14H20GeO2. The second-order valence-electron chi connectivity index (χ2n) is 4.94. The number of esters is 1. The maximum atomic E-state index is 12.0. The van der Waals surface area contributed by atoms with E-state index in [2.05, 4.69) is 17.3 Å². The van der Waals surface area contributed by atoms with Crippen molar-refractivity contribution >= 4 is 25.3 Å². The van der Waals surface area contributed by atoms with E-state index in [4.69, 9.17) is 4.74 Å². The Labute approximate surface area is 106 Å². The third kappa shape index (κ3) is 4.38. The summed E-state index contributed by atoms with van der Waals surface area (Å²) in [6.45, 7) is 2.27. The topological polar surface area (TPSA) is 26.3 Å². The van der Waals surface area contributed by atoms with Gasteiger partial charge in [0.25, 0.3) is 0 Å². The molecule has 0 fully saturated rings. The van der Waals surface area contributed by atoms with Gasteiger partial charge in [0.1, 0.15) is 0 Å². The predicted molar refractivity (Wildman–Crippen MR) is 74.4 cm³/mol. The summed E-state index contributed by atoms with van der Waals surface area (Å²) in [7, 11) is 0. The van der Waals surface area contributed by atoms with Crippen molar-refractivity contribution in [3.05, 3.63) is 40.3 Å². The minimum absolute atomic E-state index is 0.149. The zero-order valence-corrected chi connectivity index (χ0v) is 13.1. The standard InChI is InChI=1S/C14H20GeO2/c1-5-17-14(16)13(15(2,3)4)11-12-9-7-6-8-10-12/h6-11H,5H2,1-4H3/b13-11+. The van der Waals surface area contributed by atoms with E-state index in [0.717, 1.165) is 9.97 Å². The first-order chi connectivity index (χ1) is 7.95. The zero-order chi connectivity index (χ0) is 12.9. The van der Waals surface area contributed by atoms with E-state index in [1.54, 1.807) is 0 Å². The Morgan fingerprint density at radius 2 is 1.82 bits per heavy atom. The number of benzene rings is 1. The molecule has 0 aliphatic carbocycles. The molecule has 1 rings (SSSR count). The van der Waals surface area contributed by atoms with E-state index in [1.807, 2.05) is 43.3 Å². The fourth-order valence-corrected chi connectivity index (χ4v) is 4.20. The molecule has 2 nitrogen and oxygen atoms in total. The maximum absolute atomic E-state index is 12.0. The van der Waals surface area contributed by atoms with Crippen LogP contribution in [0.3, 0.4) is 0 Å². The molecule has 0 aromatic heterocycles. The number of carbonyl (C=O) groups is 1. The third-order valence-corrected chi connectivity index (χ3v) is 6.54. The molecule has 0 saturated heterocycles. The van der Waals surface area contributed by atoms with Crippen LogP contribution in [0.1, 0.15) is 12.5 Å². The molecule has 0 amide bonds. The van der Waals surface area contributed by atoms with Crippen LogP contribution in [0.2, 0.25) is 17.3 Å². The molecule has 17 heavy (non-hydrogen) atoms. The van der Waals surface area contributed by atoms with Crippen molar-refractivity contribution in [2.75, 3.05) is 6.61 Å². The Balaban J connectivity index is 3.07. The van der Waals surface area contributed by atoms with Gasteiger partial charge in [0, 0.05) is 0 Å². The molecule has 92 valence electrons. The van der Waals surface area contributed by atoms with E-state index in [9.17, 15) is 4.79 Å². The van der Waals surface area contributed by atoms with Crippen LogP contribution >= 0.6 is 0 Å². The second-order valence-corrected chi connectivity index (χ2v) is 15.5. The number of hydrogen-bond donors (Lipinski definition) is 0. The normalized spacial score (nSPS) is 12.4. The summed E-state index contributed by atoms with van der Waals surface area (Å²) in [6, 6.07) is 9.94. The van der Waals surface area contributed by atoms with Crippen LogP contribution in [0.15, 0.2) is 34.7 Å². The van der Waals surface area contributed by atoms with Crippen LogP contribution in [0, 0.1) is 0 Å². The molecular weight excluding hydrogens is 273 g/mol. The van der Waals surface area contributed by atoms with E-state index in [-0.39, 0.29) is 5.97 Å². The van der Waals surface area contributed by atoms with E-state index in [0.29, 0.717) is 6.61 Å². The van der Waals surface area contributed by atoms with Gasteiger partial charge < -0.3 is 0 Å². The van der Waals surface area contributed by atoms with Crippen molar-refractivity contribution in [1.82, 2.24) is 0 Å². The molecule has 0 saturated carbocycles. The SMILES string of the molecule is CCOC(=O)/[C](=C\c1ccccc1)[Ge]([CH3])([CH3])[CH3]. The van der Waals surface area contributed by atoms with Gasteiger partial charge in [-0.3, -0.25) is 0 Å². The Morgan fingerprint density at radius 3 is 2.29 bits per heavy atom. The third-order valence-electron chi connectivity index (χ3n) is 2.41. The van der Waals surface area contributed by atoms with Gasteiger partial charge in [0.2, 0.25) is 0 Å². The van der Waals surface area contributed by atoms with Gasteiger partial charge in [-0.15, -0.1) is 0 Å². The molecule has 0 unspecified atom stereocenters. The van der Waals surface area contributed by atoms with Crippen LogP contribution in [0.4, 0.5) is 0 Å². The molecule has 0 bridgehead atoms. The summed E-state index contributed by atoms with van der Waals surface area (Å²) in [5.74, 6) is 6.45. The number of hydrogen-bond acceptors (Lipinski definition) is 2. The number of carbonyl (C=O) groups excluding carboxylic acids is 1. The van der Waals surface area contributed by atoms with E-state index < -0.39 is 13.3 Å². The Hall–Kier alpha value is -1.03. The molecule has 0 atom stereocenters. The summed E-state index contributed by atoms with van der Waals surface area (Å²) in [6.07, 6.45) is 1.98. The Morgan fingerprint density at radius 1 is 1.24 bits per heavy atom. The quantitative estimate of drug-likeness (QED) is 0.482. The van der Waals surface area contributed by atoms with Gasteiger partial charge in [-0.2, -0.15) is 0 Å². The average molecular weight is 293 g/mol. The second kappa shape index (κ2) is 6.05. The molecule has 0 N–H and O–H groups in total. The molecule has 0 aliphatic heterocycles. The number of rotatable bonds is 4. The zero-order valence-electron chi connectivity index (χ0n) is 11.0. The molecule has 0 radical (unpaired) electrons. The Kier molecular flexibility index (Phi) is 5.00. The van der Waals surface area contributed by atoms with Gasteiger partial charge in [0.05, 0.1) is 0 Å². The predicted octanol–water partition coefficient (Wildman–Crippen LogP) is 3.51. The van der Waals surface area contributed by atoms with E-state index >= 15 is 0 Å². The fourth-order valence-electron chi connectivity index (χ4n) is 1.51. The van der Waals surface area contributed by atoms with Crippen LogP contribution in [-0.2, 0) is 9.53 Å². The van der Waals surface area contributed by atoms with Gasteiger partial charge in [-0.1, -0.05) is 0 Å². The molecule has 0 spiro atoms. The molecule has 1 aromatic rings. The summed E-state index contributed by atoms with van der Waals surface area (Å²) in [4.78, 5) is 12.0. The van der Waals surface area contributed by atoms with Gasteiger partial charge >= 0.3 is 106 Å². The first-order valence-electron chi connectivity index (χ1n) is 5.89. The van der Waals surface area contributed by atoms with Crippen molar-refractivity contribution in [3.63, 3.8) is 0 Å². The fraction of sp³-hybridized carbons (Fsp3) is 0.357. The number of ether oxygens (including phenoxy) is 1. The molecule has 3 heteroatoms. The summed E-state index contributed by atoms with van der Waals surface area (Å²) in [5.41, 5.74) is 1.07. The molecule has 0 heterocycles. The summed E-state index contributed by atoms with van der Waals surface area (Å²) in [5, 5.41) is 0. The van der Waals surface area contributed by atoms with Crippen molar-refractivity contribution in [2.24, 2.45) is 0 Å².